The lowest BCUT2D eigenvalue weighted by Crippen LogP contribution is -2.13. The number of nitriles is 1. The van der Waals surface area contributed by atoms with Gasteiger partial charge >= 0.3 is 0 Å². The predicted octanol–water partition coefficient (Wildman–Crippen LogP) is 3.48. The fourth-order valence-corrected chi connectivity index (χ4v) is 2.56. The van der Waals surface area contributed by atoms with E-state index >= 15 is 0 Å². The molecule has 0 aromatic heterocycles. The molecule has 0 radical (unpaired) electrons. The molecule has 3 heteroatoms. The van der Waals surface area contributed by atoms with E-state index in [2.05, 4.69) is 6.07 Å². The van der Waals surface area contributed by atoms with Gasteiger partial charge in [0.15, 0.2) is 5.78 Å². The normalized spacial score (nSPS) is 15.6. The highest BCUT2D eigenvalue weighted by Crippen LogP contribution is 2.29. The molecule has 102 valence electrons. The molecule has 0 saturated heterocycles. The maximum absolute atomic E-state index is 12.5. The molecular formula is C18H13NO2. The zero-order valence-corrected chi connectivity index (χ0v) is 11.3. The van der Waals surface area contributed by atoms with Crippen LogP contribution in [0.25, 0.3) is 6.08 Å². The van der Waals surface area contributed by atoms with Crippen molar-refractivity contribution in [1.29, 1.82) is 5.26 Å². The minimum absolute atomic E-state index is 0.0145. The Morgan fingerprint density at radius 2 is 1.86 bits per heavy atom. The molecule has 1 N–H and O–H groups in total. The lowest BCUT2D eigenvalue weighted by atomic mass is 9.86. The summed E-state index contributed by atoms with van der Waals surface area (Å²) in [5, 5.41) is 18.3. The number of aryl methyl sites for hydroxylation is 1. The fraction of sp³-hybridized carbons (Fsp3) is 0.111. The molecule has 0 fully saturated rings. The van der Waals surface area contributed by atoms with Gasteiger partial charge in [-0.2, -0.15) is 5.26 Å². The molecule has 0 heterocycles. The van der Waals surface area contributed by atoms with Crippen LogP contribution in [0, 0.1) is 11.3 Å². The predicted molar refractivity (Wildman–Crippen MR) is 79.9 cm³/mol. The van der Waals surface area contributed by atoms with Gasteiger partial charge in [0.2, 0.25) is 0 Å². The first-order chi connectivity index (χ1) is 10.2. The molecule has 1 aliphatic rings. The Morgan fingerprint density at radius 3 is 2.57 bits per heavy atom. The first-order valence-corrected chi connectivity index (χ1v) is 6.75. The number of fused-ring (bicyclic) bond motifs is 1. The average Bonchev–Trinajstić information content (AvgIpc) is 2.51. The summed E-state index contributed by atoms with van der Waals surface area (Å²) < 4.78 is 0. The molecule has 2 aromatic carbocycles. The van der Waals surface area contributed by atoms with E-state index in [1.165, 1.54) is 0 Å². The molecule has 0 bridgehead atoms. The molecule has 0 unspecified atom stereocenters. The maximum atomic E-state index is 12.5. The summed E-state index contributed by atoms with van der Waals surface area (Å²) in [5.41, 5.74) is 3.85. The summed E-state index contributed by atoms with van der Waals surface area (Å²) in [6, 6.07) is 14.1. The Hall–Kier alpha value is -2.86. The van der Waals surface area contributed by atoms with Gasteiger partial charge in [0.05, 0.1) is 11.6 Å². The van der Waals surface area contributed by atoms with E-state index in [4.69, 9.17) is 5.26 Å². The van der Waals surface area contributed by atoms with Crippen molar-refractivity contribution in [3.8, 4) is 11.8 Å². The van der Waals surface area contributed by atoms with Crippen molar-refractivity contribution in [2.24, 2.45) is 0 Å². The number of benzene rings is 2. The van der Waals surface area contributed by atoms with Crippen molar-refractivity contribution >= 4 is 11.9 Å². The van der Waals surface area contributed by atoms with Gasteiger partial charge in [0, 0.05) is 11.1 Å². The highest BCUT2D eigenvalue weighted by molar-refractivity contribution is 6.13. The van der Waals surface area contributed by atoms with Crippen LogP contribution < -0.4 is 0 Å². The van der Waals surface area contributed by atoms with Crippen molar-refractivity contribution in [2.75, 3.05) is 0 Å². The zero-order chi connectivity index (χ0) is 14.8. The Morgan fingerprint density at radius 1 is 1.10 bits per heavy atom. The Labute approximate surface area is 122 Å². The molecule has 0 atom stereocenters. The van der Waals surface area contributed by atoms with Crippen molar-refractivity contribution in [3.63, 3.8) is 0 Å². The summed E-state index contributed by atoms with van der Waals surface area (Å²) in [7, 11) is 0. The number of nitrogens with zero attached hydrogens (tertiary/aromatic N) is 1. The summed E-state index contributed by atoms with van der Waals surface area (Å²) in [6.07, 6.45) is 3.28. The number of allylic oxidation sites excluding steroid dienone is 1. The van der Waals surface area contributed by atoms with E-state index in [-0.39, 0.29) is 11.5 Å². The number of hydrogen-bond donors (Lipinski definition) is 1. The molecule has 0 spiro atoms. The van der Waals surface area contributed by atoms with Gasteiger partial charge in [-0.1, -0.05) is 12.1 Å². The number of Topliss-reactive ketones (excluding diaryl/α,β-unsaturated/α-hetero) is 1. The lowest BCUT2D eigenvalue weighted by molar-refractivity contribution is 0.102. The second-order valence-corrected chi connectivity index (χ2v) is 5.07. The number of rotatable bonds is 1. The summed E-state index contributed by atoms with van der Waals surface area (Å²) in [5.74, 6) is 0.210. The molecular weight excluding hydrogens is 262 g/mol. The minimum Gasteiger partial charge on any atom is -0.508 e. The van der Waals surface area contributed by atoms with Crippen LogP contribution in [0.5, 0.6) is 5.75 Å². The van der Waals surface area contributed by atoms with Crippen LogP contribution in [0.1, 0.15) is 33.5 Å². The number of aromatic hydroxyl groups is 1. The molecule has 3 rings (SSSR count). The third-order valence-corrected chi connectivity index (χ3v) is 3.67. The fourth-order valence-electron chi connectivity index (χ4n) is 2.56. The highest BCUT2D eigenvalue weighted by Gasteiger charge is 2.21. The molecule has 21 heavy (non-hydrogen) atoms. The second-order valence-electron chi connectivity index (χ2n) is 5.07. The van der Waals surface area contributed by atoms with E-state index < -0.39 is 0 Å². The van der Waals surface area contributed by atoms with Gasteiger partial charge in [-0.05, 0) is 60.4 Å². The molecule has 0 aliphatic heterocycles. The monoisotopic (exact) mass is 275 g/mol. The van der Waals surface area contributed by atoms with Crippen molar-refractivity contribution in [1.82, 2.24) is 0 Å². The van der Waals surface area contributed by atoms with Crippen LogP contribution in [0.4, 0.5) is 0 Å². The Balaban J connectivity index is 1.93. The van der Waals surface area contributed by atoms with Gasteiger partial charge in [0.1, 0.15) is 5.75 Å². The summed E-state index contributed by atoms with van der Waals surface area (Å²) >= 11 is 0. The number of phenolic OH excluding ortho intramolecular Hbond substituents is 1. The average molecular weight is 275 g/mol. The van der Waals surface area contributed by atoms with E-state index in [9.17, 15) is 9.90 Å². The SMILES string of the molecule is N#Cc1ccc(/C=C2/CCc3cc(O)ccc3C2=O)cc1. The molecule has 0 amide bonds. The van der Waals surface area contributed by atoms with Gasteiger partial charge in [-0.3, -0.25) is 4.79 Å². The number of phenols is 1. The summed E-state index contributed by atoms with van der Waals surface area (Å²) in [4.78, 5) is 12.5. The third kappa shape index (κ3) is 2.56. The van der Waals surface area contributed by atoms with Crippen LogP contribution in [-0.2, 0) is 6.42 Å². The van der Waals surface area contributed by atoms with Crippen LogP contribution >= 0.6 is 0 Å². The van der Waals surface area contributed by atoms with E-state index in [0.29, 0.717) is 17.5 Å². The zero-order valence-electron chi connectivity index (χ0n) is 11.3. The minimum atomic E-state index is 0.0145. The number of hydrogen-bond acceptors (Lipinski definition) is 3. The van der Waals surface area contributed by atoms with E-state index in [1.54, 1.807) is 30.3 Å². The molecule has 1 aliphatic carbocycles. The number of carbonyl (C=O) groups is 1. The summed E-state index contributed by atoms with van der Waals surface area (Å²) in [6.45, 7) is 0. The van der Waals surface area contributed by atoms with Crippen molar-refractivity contribution in [3.05, 3.63) is 70.3 Å². The molecule has 2 aromatic rings. The third-order valence-electron chi connectivity index (χ3n) is 3.67. The first-order valence-electron chi connectivity index (χ1n) is 6.75. The standard InChI is InChI=1S/C18H13NO2/c19-11-13-3-1-12(2-4-13)9-15-6-5-14-10-16(20)7-8-17(14)18(15)21/h1-4,7-10,20H,5-6H2/b15-9-. The van der Waals surface area contributed by atoms with Crippen LogP contribution in [0.15, 0.2) is 48.0 Å². The topological polar surface area (TPSA) is 61.1 Å². The quantitative estimate of drug-likeness (QED) is 0.810. The van der Waals surface area contributed by atoms with Crippen LogP contribution in [-0.4, -0.2) is 10.9 Å². The van der Waals surface area contributed by atoms with E-state index in [1.807, 2.05) is 18.2 Å². The van der Waals surface area contributed by atoms with Crippen molar-refractivity contribution < 1.29 is 9.90 Å². The molecule has 0 saturated carbocycles. The smallest absolute Gasteiger partial charge is 0.189 e. The molecule has 3 nitrogen and oxygen atoms in total. The Kier molecular flexibility index (Phi) is 3.29. The highest BCUT2D eigenvalue weighted by atomic mass is 16.3. The maximum Gasteiger partial charge on any atom is 0.189 e. The number of carbonyl (C=O) groups excluding carboxylic acids is 1. The van der Waals surface area contributed by atoms with Gasteiger partial charge < -0.3 is 5.11 Å². The second kappa shape index (κ2) is 5.26. The number of ketones is 1. The van der Waals surface area contributed by atoms with Gasteiger partial charge in [-0.15, -0.1) is 0 Å². The first kappa shape index (κ1) is 13.1. The Bertz CT molecular complexity index is 780. The van der Waals surface area contributed by atoms with E-state index in [0.717, 1.165) is 23.1 Å². The lowest BCUT2D eigenvalue weighted by Gasteiger charge is -2.17. The largest absolute Gasteiger partial charge is 0.508 e. The van der Waals surface area contributed by atoms with Gasteiger partial charge in [0.25, 0.3) is 0 Å². The van der Waals surface area contributed by atoms with Crippen LogP contribution in [0.3, 0.4) is 0 Å². The van der Waals surface area contributed by atoms with Crippen molar-refractivity contribution in [2.45, 2.75) is 12.8 Å². The van der Waals surface area contributed by atoms with Crippen LogP contribution in [0.2, 0.25) is 0 Å². The van der Waals surface area contributed by atoms with Gasteiger partial charge in [-0.25, -0.2) is 0 Å².